The van der Waals surface area contributed by atoms with E-state index >= 15 is 0 Å². The number of aliphatic hydroxyl groups is 1. The highest BCUT2D eigenvalue weighted by Gasteiger charge is 2.33. The van der Waals surface area contributed by atoms with Gasteiger partial charge < -0.3 is 10.4 Å². The Balaban J connectivity index is 2.10. The Bertz CT molecular complexity index is 403. The Morgan fingerprint density at radius 3 is 2.43 bits per heavy atom. The lowest BCUT2D eigenvalue weighted by Gasteiger charge is -2.37. The summed E-state index contributed by atoms with van der Waals surface area (Å²) in [6.07, 6.45) is 6.80. The van der Waals surface area contributed by atoms with Gasteiger partial charge in [-0.1, -0.05) is 49.6 Å². The van der Waals surface area contributed by atoms with E-state index < -0.39 is 0 Å². The van der Waals surface area contributed by atoms with Crippen LogP contribution in [0.5, 0.6) is 0 Å². The second kappa shape index (κ2) is 8.21. The topological polar surface area (TPSA) is 32.3 Å². The van der Waals surface area contributed by atoms with Crippen molar-refractivity contribution in [2.75, 3.05) is 12.4 Å². The van der Waals surface area contributed by atoms with E-state index in [0.717, 1.165) is 11.0 Å². The molecule has 0 spiro atoms. The molecule has 0 amide bonds. The predicted molar refractivity (Wildman–Crippen MR) is 92.8 cm³/mol. The Hall–Kier alpha value is -0.510. The van der Waals surface area contributed by atoms with Crippen molar-refractivity contribution in [1.82, 2.24) is 5.32 Å². The number of nitrogens with one attached hydrogen (secondary N) is 1. The van der Waals surface area contributed by atoms with Crippen molar-refractivity contribution in [3.05, 3.63) is 35.9 Å². The molecular formula is C18H29NOS. The summed E-state index contributed by atoms with van der Waals surface area (Å²) in [5.74, 6) is 0.941. The molecule has 1 atom stereocenters. The van der Waals surface area contributed by atoms with E-state index in [4.69, 9.17) is 0 Å². The van der Waals surface area contributed by atoms with Crippen molar-refractivity contribution in [3.63, 3.8) is 0 Å². The van der Waals surface area contributed by atoms with Crippen LogP contribution in [0.4, 0.5) is 0 Å². The summed E-state index contributed by atoms with van der Waals surface area (Å²) in [6, 6.07) is 10.8. The summed E-state index contributed by atoms with van der Waals surface area (Å²) >= 11 is 2.04. The van der Waals surface area contributed by atoms with Crippen LogP contribution in [0.15, 0.2) is 30.3 Å². The fourth-order valence-corrected chi connectivity index (χ4v) is 4.72. The van der Waals surface area contributed by atoms with E-state index in [1.54, 1.807) is 0 Å². The Kier molecular flexibility index (Phi) is 6.59. The number of hydrogen-bond donors (Lipinski definition) is 2. The molecule has 0 aromatic heterocycles. The molecule has 0 bridgehead atoms. The summed E-state index contributed by atoms with van der Waals surface area (Å²) < 4.78 is 0. The average Bonchev–Trinajstić information content (AvgIpc) is 2.53. The first kappa shape index (κ1) is 16.9. The summed E-state index contributed by atoms with van der Waals surface area (Å²) in [4.78, 5) is 0. The van der Waals surface area contributed by atoms with Gasteiger partial charge in [0, 0.05) is 17.0 Å². The molecule has 1 saturated carbocycles. The Labute approximate surface area is 133 Å². The van der Waals surface area contributed by atoms with Crippen LogP contribution in [0.25, 0.3) is 0 Å². The van der Waals surface area contributed by atoms with Crippen LogP contribution in [0.3, 0.4) is 0 Å². The highest BCUT2D eigenvalue weighted by Crippen LogP contribution is 2.34. The first-order valence-corrected chi connectivity index (χ1v) is 9.27. The molecule has 2 nitrogen and oxygen atoms in total. The maximum Gasteiger partial charge on any atom is 0.0762 e. The van der Waals surface area contributed by atoms with E-state index in [-0.39, 0.29) is 12.1 Å². The van der Waals surface area contributed by atoms with Crippen molar-refractivity contribution in [1.29, 1.82) is 0 Å². The van der Waals surface area contributed by atoms with Gasteiger partial charge in [-0.05, 0) is 32.3 Å². The van der Waals surface area contributed by atoms with Gasteiger partial charge in [0.05, 0.1) is 12.1 Å². The largest absolute Gasteiger partial charge is 0.394 e. The lowest BCUT2D eigenvalue weighted by molar-refractivity contribution is 0.169. The van der Waals surface area contributed by atoms with Gasteiger partial charge in [-0.2, -0.15) is 11.8 Å². The van der Waals surface area contributed by atoms with Gasteiger partial charge in [-0.3, -0.25) is 0 Å². The maximum absolute atomic E-state index is 10.1. The van der Waals surface area contributed by atoms with E-state index in [2.05, 4.69) is 43.4 Å². The normalized spacial score (nSPS) is 19.6. The molecule has 0 saturated heterocycles. The van der Waals surface area contributed by atoms with Gasteiger partial charge >= 0.3 is 0 Å². The zero-order valence-corrected chi connectivity index (χ0v) is 14.2. The molecule has 0 heterocycles. The average molecular weight is 308 g/mol. The number of rotatable bonds is 7. The van der Waals surface area contributed by atoms with E-state index in [1.165, 1.54) is 37.7 Å². The zero-order chi connectivity index (χ0) is 15.1. The molecule has 1 fully saturated rings. The van der Waals surface area contributed by atoms with E-state index in [9.17, 15) is 5.11 Å². The van der Waals surface area contributed by atoms with Gasteiger partial charge in [0.25, 0.3) is 0 Å². The van der Waals surface area contributed by atoms with E-state index in [1.807, 2.05) is 17.8 Å². The molecule has 3 heteroatoms. The van der Waals surface area contributed by atoms with Crippen LogP contribution in [0.1, 0.15) is 51.5 Å². The van der Waals surface area contributed by atoms with Crippen LogP contribution < -0.4 is 5.32 Å². The Morgan fingerprint density at radius 1 is 1.19 bits per heavy atom. The number of thioether (sulfide) groups is 1. The molecule has 118 valence electrons. The lowest BCUT2D eigenvalue weighted by atomic mass is 9.92. The van der Waals surface area contributed by atoms with Gasteiger partial charge in [0.1, 0.15) is 0 Å². The minimum atomic E-state index is -0.322. The minimum Gasteiger partial charge on any atom is -0.394 e. The molecule has 0 radical (unpaired) electrons. The molecule has 0 aliphatic heterocycles. The van der Waals surface area contributed by atoms with Gasteiger partial charge in [0.2, 0.25) is 0 Å². The fourth-order valence-electron chi connectivity index (χ4n) is 3.19. The monoisotopic (exact) mass is 307 g/mol. The standard InChI is InChI=1S/C18H29NOS/c1-15(2)19-18(13-20,16-9-5-3-6-10-16)14-21-17-11-7-4-8-12-17/h3,5-6,9-10,15,17,19-20H,4,7-8,11-14H2,1-2H3. The summed E-state index contributed by atoms with van der Waals surface area (Å²) in [6.45, 7) is 4.45. The van der Waals surface area contributed by atoms with Crippen molar-refractivity contribution in [2.24, 2.45) is 0 Å². The second-order valence-electron chi connectivity index (χ2n) is 6.48. The third-order valence-corrected chi connectivity index (χ3v) is 5.88. The third kappa shape index (κ3) is 4.73. The van der Waals surface area contributed by atoms with Crippen LogP contribution in [-0.2, 0) is 5.54 Å². The minimum absolute atomic E-state index is 0.148. The molecule has 2 rings (SSSR count). The third-order valence-electron chi connectivity index (χ3n) is 4.28. The second-order valence-corrected chi connectivity index (χ2v) is 7.76. The van der Waals surface area contributed by atoms with Crippen molar-refractivity contribution in [2.45, 2.75) is 62.8 Å². The smallest absolute Gasteiger partial charge is 0.0762 e. The molecule has 1 aliphatic carbocycles. The highest BCUT2D eigenvalue weighted by atomic mass is 32.2. The predicted octanol–water partition coefficient (Wildman–Crippen LogP) is 3.94. The van der Waals surface area contributed by atoms with Crippen LogP contribution >= 0.6 is 11.8 Å². The molecule has 1 aromatic rings. The first-order chi connectivity index (χ1) is 10.2. The maximum atomic E-state index is 10.1. The van der Waals surface area contributed by atoms with Gasteiger partial charge in [-0.15, -0.1) is 0 Å². The lowest BCUT2D eigenvalue weighted by Crippen LogP contribution is -2.51. The zero-order valence-electron chi connectivity index (χ0n) is 13.3. The Morgan fingerprint density at radius 2 is 1.86 bits per heavy atom. The van der Waals surface area contributed by atoms with Crippen molar-refractivity contribution < 1.29 is 5.11 Å². The quantitative estimate of drug-likeness (QED) is 0.800. The SMILES string of the molecule is CC(C)NC(CO)(CSC1CCCCC1)c1ccccc1. The summed E-state index contributed by atoms with van der Waals surface area (Å²) in [5, 5.41) is 14.5. The van der Waals surface area contributed by atoms with Crippen molar-refractivity contribution in [3.8, 4) is 0 Å². The molecule has 1 aromatic carbocycles. The molecule has 1 unspecified atom stereocenters. The number of aliphatic hydroxyl groups excluding tert-OH is 1. The molecule has 1 aliphatic rings. The first-order valence-electron chi connectivity index (χ1n) is 8.22. The van der Waals surface area contributed by atoms with Crippen LogP contribution in [0.2, 0.25) is 0 Å². The van der Waals surface area contributed by atoms with Gasteiger partial charge in [-0.25, -0.2) is 0 Å². The molecule has 21 heavy (non-hydrogen) atoms. The number of hydrogen-bond acceptors (Lipinski definition) is 3. The van der Waals surface area contributed by atoms with Crippen molar-refractivity contribution >= 4 is 11.8 Å². The van der Waals surface area contributed by atoms with E-state index in [0.29, 0.717) is 6.04 Å². The molecule has 2 N–H and O–H groups in total. The summed E-state index contributed by atoms with van der Waals surface area (Å²) in [5.41, 5.74) is 0.877. The van der Waals surface area contributed by atoms with Gasteiger partial charge in [0.15, 0.2) is 0 Å². The van der Waals surface area contributed by atoms with Crippen LogP contribution in [0, 0.1) is 0 Å². The highest BCUT2D eigenvalue weighted by molar-refractivity contribution is 7.99. The fraction of sp³-hybridized carbons (Fsp3) is 0.667. The molecular weight excluding hydrogens is 278 g/mol. The van der Waals surface area contributed by atoms with Crippen LogP contribution in [-0.4, -0.2) is 28.8 Å². The number of benzene rings is 1. The summed E-state index contributed by atoms with van der Waals surface area (Å²) in [7, 11) is 0.